The van der Waals surface area contributed by atoms with Crippen LogP contribution in [0.5, 0.6) is 0 Å². The monoisotopic (exact) mass is 234 g/mol. The van der Waals surface area contributed by atoms with Gasteiger partial charge in [-0.2, -0.15) is 0 Å². The minimum atomic E-state index is 0.0993. The number of aryl methyl sites for hydroxylation is 2. The zero-order chi connectivity index (χ0) is 11.9. The Balaban J connectivity index is 2.67. The molecule has 0 bridgehead atoms. The predicted molar refractivity (Wildman–Crippen MR) is 66.9 cm³/mol. The van der Waals surface area contributed by atoms with Crippen molar-refractivity contribution < 1.29 is 4.79 Å². The molecule has 0 saturated heterocycles. The van der Waals surface area contributed by atoms with Crippen LogP contribution in [0, 0.1) is 13.8 Å². The topological polar surface area (TPSA) is 34.4 Å². The first-order valence-electron chi connectivity index (χ1n) is 5.13. The number of nitrogens with zero attached hydrogens (tertiary/aromatic N) is 2. The summed E-state index contributed by atoms with van der Waals surface area (Å²) < 4.78 is 2.09. The van der Waals surface area contributed by atoms with Gasteiger partial charge in [0.15, 0.2) is 10.7 Å². The van der Waals surface area contributed by atoms with Gasteiger partial charge in [0.2, 0.25) is 0 Å². The van der Waals surface area contributed by atoms with Crippen molar-refractivity contribution in [3.05, 3.63) is 28.0 Å². The van der Waals surface area contributed by atoms with E-state index in [1.807, 2.05) is 26.8 Å². The number of hydrogen-bond donors (Lipinski definition) is 0. The van der Waals surface area contributed by atoms with E-state index in [1.165, 1.54) is 0 Å². The molecule has 2 aromatic rings. The van der Waals surface area contributed by atoms with Crippen LogP contribution in [0.25, 0.3) is 11.0 Å². The molecule has 2 heterocycles. The lowest BCUT2D eigenvalue weighted by molar-refractivity contribution is -0.113. The number of thiazole rings is 1. The number of hydrogen-bond acceptors (Lipinski definition) is 3. The van der Waals surface area contributed by atoms with Crippen LogP contribution < -0.4 is 0 Å². The van der Waals surface area contributed by atoms with Crippen molar-refractivity contribution in [3.63, 3.8) is 0 Å². The van der Waals surface area contributed by atoms with Crippen molar-refractivity contribution in [1.29, 1.82) is 0 Å². The van der Waals surface area contributed by atoms with Crippen LogP contribution >= 0.6 is 11.3 Å². The molecule has 0 spiro atoms. The number of imidazole rings is 1. The number of aromatic nitrogens is 2. The lowest BCUT2D eigenvalue weighted by Crippen LogP contribution is -1.94. The van der Waals surface area contributed by atoms with Crippen molar-refractivity contribution in [1.82, 2.24) is 9.38 Å². The van der Waals surface area contributed by atoms with Gasteiger partial charge in [-0.3, -0.25) is 9.20 Å². The fourth-order valence-electron chi connectivity index (χ4n) is 1.60. The largest absolute Gasteiger partial charge is 0.295 e. The van der Waals surface area contributed by atoms with Gasteiger partial charge in [0, 0.05) is 11.1 Å². The summed E-state index contributed by atoms with van der Waals surface area (Å²) >= 11 is 1.62. The average Bonchev–Trinajstić information content (AvgIpc) is 2.69. The maximum absolute atomic E-state index is 11.2. The third-order valence-corrected chi connectivity index (χ3v) is 3.61. The Morgan fingerprint density at radius 1 is 1.44 bits per heavy atom. The highest BCUT2D eigenvalue weighted by molar-refractivity contribution is 7.15. The molecule has 3 nitrogen and oxygen atoms in total. The minimum absolute atomic E-state index is 0.0993. The van der Waals surface area contributed by atoms with Crippen LogP contribution in [0.1, 0.15) is 30.9 Å². The Hall–Kier alpha value is -1.42. The first kappa shape index (κ1) is 11.1. The fraction of sp³-hybridized carbons (Fsp3) is 0.333. The second kappa shape index (κ2) is 3.87. The molecular weight excluding hydrogens is 220 g/mol. The normalized spacial score (nSPS) is 12.4. The predicted octanol–water partition coefficient (Wildman–Crippen LogP) is 3.00. The Morgan fingerprint density at radius 3 is 2.75 bits per heavy atom. The molecule has 0 aliphatic rings. The van der Waals surface area contributed by atoms with Gasteiger partial charge in [-0.05, 0) is 39.3 Å². The van der Waals surface area contributed by atoms with E-state index in [2.05, 4.69) is 14.8 Å². The van der Waals surface area contributed by atoms with Gasteiger partial charge in [0.05, 0.1) is 11.4 Å². The SMILES string of the molecule is CC(=O)/C(C)=C\c1c(C)nc2scc(C)n12. The molecule has 84 valence electrons. The maximum atomic E-state index is 11.2. The summed E-state index contributed by atoms with van der Waals surface area (Å²) in [5.74, 6) is 0.0993. The first-order chi connectivity index (χ1) is 7.50. The van der Waals surface area contributed by atoms with Crippen LogP contribution in [0.2, 0.25) is 0 Å². The molecule has 2 aromatic heterocycles. The summed E-state index contributed by atoms with van der Waals surface area (Å²) in [6.45, 7) is 7.44. The van der Waals surface area contributed by atoms with Gasteiger partial charge in [0.25, 0.3) is 0 Å². The molecule has 16 heavy (non-hydrogen) atoms. The molecule has 2 rings (SSSR count). The number of fused-ring (bicyclic) bond motifs is 1. The Kier molecular flexibility index (Phi) is 2.68. The second-order valence-electron chi connectivity index (χ2n) is 3.96. The van der Waals surface area contributed by atoms with Crippen LogP contribution in [-0.2, 0) is 4.79 Å². The Bertz CT molecular complexity index is 589. The summed E-state index contributed by atoms with van der Waals surface area (Å²) in [7, 11) is 0. The van der Waals surface area contributed by atoms with Crippen LogP contribution in [-0.4, -0.2) is 15.2 Å². The van der Waals surface area contributed by atoms with Crippen molar-refractivity contribution in [2.24, 2.45) is 0 Å². The van der Waals surface area contributed by atoms with Crippen molar-refractivity contribution in [2.75, 3.05) is 0 Å². The molecule has 4 heteroatoms. The first-order valence-corrected chi connectivity index (χ1v) is 6.01. The zero-order valence-corrected chi connectivity index (χ0v) is 10.7. The van der Waals surface area contributed by atoms with Gasteiger partial charge in [-0.15, -0.1) is 11.3 Å². The minimum Gasteiger partial charge on any atom is -0.295 e. The van der Waals surface area contributed by atoms with E-state index in [9.17, 15) is 4.79 Å². The smallest absolute Gasteiger partial charge is 0.194 e. The molecule has 0 saturated carbocycles. The highest BCUT2D eigenvalue weighted by atomic mass is 32.1. The molecule has 0 N–H and O–H groups in total. The molecule has 0 unspecified atom stereocenters. The fourth-order valence-corrected chi connectivity index (χ4v) is 2.52. The highest BCUT2D eigenvalue weighted by Gasteiger charge is 2.10. The molecule has 0 fully saturated rings. The van der Waals surface area contributed by atoms with Crippen LogP contribution in [0.4, 0.5) is 0 Å². The van der Waals surface area contributed by atoms with Gasteiger partial charge in [-0.25, -0.2) is 4.98 Å². The summed E-state index contributed by atoms with van der Waals surface area (Å²) in [5.41, 5.74) is 3.90. The number of carbonyl (C=O) groups excluding carboxylic acids is 1. The second-order valence-corrected chi connectivity index (χ2v) is 4.80. The lowest BCUT2D eigenvalue weighted by Gasteiger charge is -1.98. The third kappa shape index (κ3) is 1.69. The van der Waals surface area contributed by atoms with Gasteiger partial charge < -0.3 is 0 Å². The summed E-state index contributed by atoms with van der Waals surface area (Å²) in [6.07, 6.45) is 1.91. The number of allylic oxidation sites excluding steroid dienone is 1. The van der Waals surface area contributed by atoms with E-state index < -0.39 is 0 Å². The maximum Gasteiger partial charge on any atom is 0.194 e. The number of rotatable bonds is 2. The van der Waals surface area contributed by atoms with Crippen LogP contribution in [0.15, 0.2) is 11.0 Å². The van der Waals surface area contributed by atoms with E-state index in [-0.39, 0.29) is 5.78 Å². The average molecular weight is 234 g/mol. The number of Topliss-reactive ketones (excluding diaryl/α,β-unsaturated/α-hetero) is 1. The summed E-state index contributed by atoms with van der Waals surface area (Å²) in [5, 5.41) is 2.07. The molecule has 0 aliphatic carbocycles. The standard InChI is InChI=1S/C12H14N2OS/c1-7(10(4)15)5-11-9(3)13-12-14(11)8(2)6-16-12/h5-6H,1-4H3/b7-5-. The molecule has 0 aromatic carbocycles. The van der Waals surface area contributed by atoms with E-state index in [0.717, 1.165) is 27.6 Å². The highest BCUT2D eigenvalue weighted by Crippen LogP contribution is 2.22. The van der Waals surface area contributed by atoms with E-state index >= 15 is 0 Å². The number of ketones is 1. The van der Waals surface area contributed by atoms with Gasteiger partial charge in [-0.1, -0.05) is 0 Å². The lowest BCUT2D eigenvalue weighted by atomic mass is 10.1. The summed E-state index contributed by atoms with van der Waals surface area (Å²) in [4.78, 5) is 16.7. The van der Waals surface area contributed by atoms with E-state index in [1.54, 1.807) is 18.3 Å². The number of carbonyl (C=O) groups is 1. The van der Waals surface area contributed by atoms with Crippen molar-refractivity contribution in [2.45, 2.75) is 27.7 Å². The molecular formula is C12H14N2OS. The van der Waals surface area contributed by atoms with Crippen LogP contribution in [0.3, 0.4) is 0 Å². The molecule has 0 radical (unpaired) electrons. The molecule has 0 atom stereocenters. The van der Waals surface area contributed by atoms with E-state index in [4.69, 9.17) is 0 Å². The van der Waals surface area contributed by atoms with Gasteiger partial charge >= 0.3 is 0 Å². The summed E-state index contributed by atoms with van der Waals surface area (Å²) in [6, 6.07) is 0. The third-order valence-electron chi connectivity index (χ3n) is 2.66. The zero-order valence-electron chi connectivity index (χ0n) is 9.87. The van der Waals surface area contributed by atoms with E-state index in [0.29, 0.717) is 0 Å². The van der Waals surface area contributed by atoms with Gasteiger partial charge in [0.1, 0.15) is 0 Å². The van der Waals surface area contributed by atoms with Crippen molar-refractivity contribution in [3.8, 4) is 0 Å². The quantitative estimate of drug-likeness (QED) is 0.749. The Labute approximate surface area is 98.4 Å². The molecule has 0 aliphatic heterocycles. The Morgan fingerprint density at radius 2 is 2.12 bits per heavy atom. The van der Waals surface area contributed by atoms with Crippen molar-refractivity contribution >= 4 is 28.2 Å². The molecule has 0 amide bonds.